The molecule has 1 aliphatic carbocycles. The number of benzene rings is 1. The quantitative estimate of drug-likeness (QED) is 0.890. The van der Waals surface area contributed by atoms with E-state index in [9.17, 15) is 5.11 Å². The van der Waals surface area contributed by atoms with Gasteiger partial charge in [-0.25, -0.2) is 4.68 Å². The van der Waals surface area contributed by atoms with Crippen LogP contribution in [-0.4, -0.2) is 32.2 Å². The zero-order chi connectivity index (χ0) is 14.7. The summed E-state index contributed by atoms with van der Waals surface area (Å²) in [6, 6.07) is 7.46. The molecule has 0 bridgehead atoms. The third-order valence-electron chi connectivity index (χ3n) is 4.14. The molecule has 1 aliphatic rings. The number of hydrogen-bond donors (Lipinski definition) is 2. The van der Waals surface area contributed by atoms with Crippen LogP contribution in [0.1, 0.15) is 31.4 Å². The lowest BCUT2D eigenvalue weighted by Gasteiger charge is -2.27. The van der Waals surface area contributed by atoms with E-state index >= 15 is 0 Å². The van der Waals surface area contributed by atoms with Gasteiger partial charge >= 0.3 is 0 Å². The van der Waals surface area contributed by atoms with E-state index in [1.54, 1.807) is 4.68 Å². The molecular weight excluding hydrogens is 288 g/mol. The van der Waals surface area contributed by atoms with E-state index in [2.05, 4.69) is 15.6 Å². The van der Waals surface area contributed by atoms with Crippen molar-refractivity contribution in [1.82, 2.24) is 20.3 Å². The van der Waals surface area contributed by atoms with Gasteiger partial charge in [-0.15, -0.1) is 5.10 Å². The topological polar surface area (TPSA) is 63.0 Å². The van der Waals surface area contributed by atoms with Gasteiger partial charge in [0.25, 0.3) is 0 Å². The van der Waals surface area contributed by atoms with Crippen LogP contribution in [0.4, 0.5) is 0 Å². The lowest BCUT2D eigenvalue weighted by molar-refractivity contribution is 0.162. The molecule has 1 saturated carbocycles. The Balaban J connectivity index is 1.66. The minimum Gasteiger partial charge on any atom is -0.394 e. The van der Waals surface area contributed by atoms with Crippen LogP contribution in [0.5, 0.6) is 0 Å². The highest BCUT2D eigenvalue weighted by Gasteiger charge is 2.32. The van der Waals surface area contributed by atoms with Gasteiger partial charge in [-0.05, 0) is 37.1 Å². The van der Waals surface area contributed by atoms with Crippen LogP contribution in [0.2, 0.25) is 5.02 Å². The standard InChI is InChI=1S/C15H19ClN4O/c16-12-3-5-14(6-4-12)20-10-13(18-19-20)9-17-15(11-21)7-1-2-8-15/h3-6,10,17,21H,1-2,7-9,11H2. The van der Waals surface area contributed by atoms with E-state index in [1.807, 2.05) is 30.5 Å². The van der Waals surface area contributed by atoms with Crippen LogP contribution in [0.15, 0.2) is 30.5 Å². The molecule has 6 heteroatoms. The van der Waals surface area contributed by atoms with Crippen molar-refractivity contribution in [1.29, 1.82) is 0 Å². The summed E-state index contributed by atoms with van der Waals surface area (Å²) < 4.78 is 1.73. The highest BCUT2D eigenvalue weighted by atomic mass is 35.5. The first-order valence-electron chi connectivity index (χ1n) is 7.24. The largest absolute Gasteiger partial charge is 0.394 e. The highest BCUT2D eigenvalue weighted by Crippen LogP contribution is 2.29. The average Bonchev–Trinajstić information content (AvgIpc) is 3.16. The molecule has 1 aromatic carbocycles. The Morgan fingerprint density at radius 1 is 1.24 bits per heavy atom. The zero-order valence-corrected chi connectivity index (χ0v) is 12.6. The summed E-state index contributed by atoms with van der Waals surface area (Å²) in [6.45, 7) is 0.798. The van der Waals surface area contributed by atoms with E-state index < -0.39 is 0 Å². The minimum atomic E-state index is -0.135. The summed E-state index contributed by atoms with van der Waals surface area (Å²) in [5.74, 6) is 0. The van der Waals surface area contributed by atoms with Gasteiger partial charge in [-0.2, -0.15) is 0 Å². The average molecular weight is 307 g/mol. The van der Waals surface area contributed by atoms with Crippen LogP contribution in [0.25, 0.3) is 5.69 Å². The summed E-state index contributed by atoms with van der Waals surface area (Å²) in [6.07, 6.45) is 6.29. The fourth-order valence-electron chi connectivity index (χ4n) is 2.82. The molecule has 5 nitrogen and oxygen atoms in total. The van der Waals surface area contributed by atoms with Gasteiger partial charge in [-0.3, -0.25) is 0 Å². The second-order valence-corrected chi connectivity index (χ2v) is 6.07. The molecular formula is C15H19ClN4O. The molecule has 1 aromatic heterocycles. The number of hydrogen-bond acceptors (Lipinski definition) is 4. The molecule has 0 radical (unpaired) electrons. The third kappa shape index (κ3) is 3.26. The van der Waals surface area contributed by atoms with Crippen molar-refractivity contribution in [3.05, 3.63) is 41.2 Å². The number of halogens is 1. The molecule has 0 atom stereocenters. The van der Waals surface area contributed by atoms with E-state index in [0.717, 1.165) is 24.2 Å². The molecule has 21 heavy (non-hydrogen) atoms. The van der Waals surface area contributed by atoms with Crippen molar-refractivity contribution in [2.75, 3.05) is 6.61 Å². The number of nitrogens with zero attached hydrogens (tertiary/aromatic N) is 3. The molecule has 3 rings (SSSR count). The predicted molar refractivity (Wildman–Crippen MR) is 81.5 cm³/mol. The Labute approximate surface area is 128 Å². The number of nitrogens with one attached hydrogen (secondary N) is 1. The normalized spacial score (nSPS) is 17.2. The third-order valence-corrected chi connectivity index (χ3v) is 4.39. The Morgan fingerprint density at radius 3 is 2.62 bits per heavy atom. The lowest BCUT2D eigenvalue weighted by atomic mass is 9.99. The first kappa shape index (κ1) is 14.5. The van der Waals surface area contributed by atoms with E-state index in [1.165, 1.54) is 12.8 Å². The molecule has 112 valence electrons. The maximum Gasteiger partial charge on any atom is 0.0969 e. The van der Waals surface area contributed by atoms with Gasteiger partial charge < -0.3 is 10.4 Å². The minimum absolute atomic E-state index is 0.135. The highest BCUT2D eigenvalue weighted by molar-refractivity contribution is 6.30. The molecule has 0 unspecified atom stereocenters. The number of rotatable bonds is 5. The Morgan fingerprint density at radius 2 is 1.95 bits per heavy atom. The summed E-state index contributed by atoms with van der Waals surface area (Å²) >= 11 is 5.88. The van der Waals surface area contributed by atoms with E-state index in [4.69, 9.17) is 11.6 Å². The van der Waals surface area contributed by atoms with E-state index in [-0.39, 0.29) is 12.1 Å². The molecule has 0 amide bonds. The Kier molecular flexibility index (Phi) is 4.24. The number of aliphatic hydroxyl groups is 1. The summed E-state index contributed by atoms with van der Waals surface area (Å²) in [7, 11) is 0. The van der Waals surface area contributed by atoms with Crippen LogP contribution < -0.4 is 5.32 Å². The summed E-state index contributed by atoms with van der Waals surface area (Å²) in [4.78, 5) is 0. The van der Waals surface area contributed by atoms with Crippen LogP contribution in [0, 0.1) is 0 Å². The molecule has 0 spiro atoms. The second-order valence-electron chi connectivity index (χ2n) is 5.63. The monoisotopic (exact) mass is 306 g/mol. The molecule has 2 aromatic rings. The molecule has 2 N–H and O–H groups in total. The first-order valence-corrected chi connectivity index (χ1v) is 7.62. The Bertz CT molecular complexity index is 590. The predicted octanol–water partition coefficient (Wildman–Crippen LogP) is 2.32. The molecule has 0 aliphatic heterocycles. The van der Waals surface area contributed by atoms with Crippen LogP contribution in [0.3, 0.4) is 0 Å². The maximum atomic E-state index is 9.59. The van der Waals surface area contributed by atoms with Gasteiger partial charge in [0, 0.05) is 17.1 Å². The van der Waals surface area contributed by atoms with Gasteiger partial charge in [0.2, 0.25) is 0 Å². The van der Waals surface area contributed by atoms with Crippen molar-refractivity contribution >= 4 is 11.6 Å². The van der Waals surface area contributed by atoms with Crippen molar-refractivity contribution in [3.8, 4) is 5.69 Å². The van der Waals surface area contributed by atoms with E-state index in [0.29, 0.717) is 11.6 Å². The number of aromatic nitrogens is 3. The van der Waals surface area contributed by atoms with Crippen LogP contribution in [-0.2, 0) is 6.54 Å². The fourth-order valence-corrected chi connectivity index (χ4v) is 2.95. The first-order chi connectivity index (χ1) is 10.2. The van der Waals surface area contributed by atoms with Crippen molar-refractivity contribution in [2.45, 2.75) is 37.8 Å². The Hall–Kier alpha value is -1.43. The number of aliphatic hydroxyl groups excluding tert-OH is 1. The van der Waals surface area contributed by atoms with Crippen molar-refractivity contribution < 1.29 is 5.11 Å². The van der Waals surface area contributed by atoms with Crippen molar-refractivity contribution in [3.63, 3.8) is 0 Å². The van der Waals surface area contributed by atoms with Gasteiger partial charge in [-0.1, -0.05) is 29.7 Å². The fraction of sp³-hybridized carbons (Fsp3) is 0.467. The SMILES string of the molecule is OCC1(NCc2cn(-c3ccc(Cl)cc3)nn2)CCCC1. The maximum absolute atomic E-state index is 9.59. The molecule has 1 heterocycles. The second kappa shape index (κ2) is 6.13. The molecule has 1 fully saturated rings. The van der Waals surface area contributed by atoms with Gasteiger partial charge in [0.1, 0.15) is 0 Å². The molecule has 0 saturated heterocycles. The van der Waals surface area contributed by atoms with Gasteiger partial charge in [0.15, 0.2) is 0 Å². The summed E-state index contributed by atoms with van der Waals surface area (Å²) in [5, 5.41) is 22.0. The van der Waals surface area contributed by atoms with Crippen LogP contribution >= 0.6 is 11.6 Å². The van der Waals surface area contributed by atoms with Gasteiger partial charge in [0.05, 0.1) is 24.2 Å². The lowest BCUT2D eigenvalue weighted by Crippen LogP contribution is -2.45. The smallest absolute Gasteiger partial charge is 0.0969 e. The zero-order valence-electron chi connectivity index (χ0n) is 11.8. The van der Waals surface area contributed by atoms with Crippen molar-refractivity contribution in [2.24, 2.45) is 0 Å². The summed E-state index contributed by atoms with van der Waals surface area (Å²) in [5.41, 5.74) is 1.66.